The van der Waals surface area contributed by atoms with Crippen LogP contribution in [-0.2, 0) is 23.9 Å². The van der Waals surface area contributed by atoms with Crippen molar-refractivity contribution in [2.24, 2.45) is 11.8 Å². The van der Waals surface area contributed by atoms with E-state index in [0.29, 0.717) is 34.5 Å². The normalized spacial score (nSPS) is 26.0. The average Bonchev–Trinajstić information content (AvgIpc) is 3.25. The lowest BCUT2D eigenvalue weighted by Gasteiger charge is -2.38. The van der Waals surface area contributed by atoms with Gasteiger partial charge in [-0.2, -0.15) is 0 Å². The van der Waals surface area contributed by atoms with Crippen LogP contribution in [0.3, 0.4) is 0 Å². The minimum atomic E-state index is -0.939. The van der Waals surface area contributed by atoms with E-state index in [4.69, 9.17) is 9.47 Å². The molecule has 1 fully saturated rings. The third-order valence-electron chi connectivity index (χ3n) is 6.74. The van der Waals surface area contributed by atoms with Crippen LogP contribution in [0, 0.1) is 11.8 Å². The Bertz CT molecular complexity index is 1020. The van der Waals surface area contributed by atoms with E-state index in [0.717, 1.165) is 25.7 Å². The molecule has 32 heavy (non-hydrogen) atoms. The van der Waals surface area contributed by atoms with Crippen molar-refractivity contribution >= 4 is 17.7 Å². The van der Waals surface area contributed by atoms with Gasteiger partial charge in [0, 0.05) is 22.9 Å². The number of rotatable bonds is 4. The molecule has 0 aromatic heterocycles. The molecule has 3 atom stereocenters. The van der Waals surface area contributed by atoms with E-state index in [2.05, 4.69) is 5.32 Å². The van der Waals surface area contributed by atoms with Crippen molar-refractivity contribution in [3.8, 4) is 5.75 Å². The molecule has 170 valence electrons. The maximum absolute atomic E-state index is 13.6. The molecule has 1 aromatic carbocycles. The molecule has 0 bridgehead atoms. The number of aromatic hydroxyl groups is 1. The van der Waals surface area contributed by atoms with Crippen molar-refractivity contribution in [1.29, 1.82) is 0 Å². The van der Waals surface area contributed by atoms with Gasteiger partial charge in [-0.25, -0.2) is 4.79 Å². The first kappa shape index (κ1) is 22.1. The van der Waals surface area contributed by atoms with Crippen LogP contribution in [0.25, 0.3) is 0 Å². The summed E-state index contributed by atoms with van der Waals surface area (Å²) in [5, 5.41) is 13.4. The zero-order valence-electron chi connectivity index (χ0n) is 18.6. The molecule has 2 N–H and O–H groups in total. The number of carbonyl (C=O) groups excluding carboxylic acids is 3. The fourth-order valence-corrected chi connectivity index (χ4v) is 5.21. The molecular weight excluding hydrogens is 410 g/mol. The molecule has 0 radical (unpaired) electrons. The van der Waals surface area contributed by atoms with Gasteiger partial charge >= 0.3 is 11.9 Å². The number of dihydropyridines is 1. The summed E-state index contributed by atoms with van der Waals surface area (Å²) in [6.45, 7) is 3.64. The molecule has 0 saturated heterocycles. The smallest absolute Gasteiger partial charge is 0.337 e. The Hall–Kier alpha value is -3.09. The highest BCUT2D eigenvalue weighted by molar-refractivity contribution is 6.12. The second-order valence-electron chi connectivity index (χ2n) is 8.94. The van der Waals surface area contributed by atoms with Gasteiger partial charge in [0.05, 0.1) is 12.7 Å². The Balaban J connectivity index is 1.81. The summed E-state index contributed by atoms with van der Waals surface area (Å²) in [6.07, 6.45) is 4.05. The van der Waals surface area contributed by atoms with Gasteiger partial charge in [0.15, 0.2) is 5.78 Å². The summed E-state index contributed by atoms with van der Waals surface area (Å²) in [6, 6.07) is 6.54. The van der Waals surface area contributed by atoms with Crippen LogP contribution in [0.4, 0.5) is 0 Å². The number of hydrogen-bond donors (Lipinski definition) is 2. The molecule has 0 amide bonds. The topological polar surface area (TPSA) is 102 Å². The third-order valence-corrected chi connectivity index (χ3v) is 6.74. The van der Waals surface area contributed by atoms with E-state index in [1.165, 1.54) is 13.2 Å². The lowest BCUT2D eigenvalue weighted by Crippen LogP contribution is -2.43. The van der Waals surface area contributed by atoms with E-state index < -0.39 is 23.8 Å². The quantitative estimate of drug-likeness (QED) is 0.547. The van der Waals surface area contributed by atoms with Gasteiger partial charge in [-0.05, 0) is 62.6 Å². The highest BCUT2D eigenvalue weighted by atomic mass is 16.5. The molecule has 7 heteroatoms. The van der Waals surface area contributed by atoms with Crippen LogP contribution in [0.2, 0.25) is 0 Å². The number of benzene rings is 1. The average molecular weight is 440 g/mol. The van der Waals surface area contributed by atoms with Crippen LogP contribution in [0.15, 0.2) is 46.8 Å². The Kier molecular flexibility index (Phi) is 6.09. The fourth-order valence-electron chi connectivity index (χ4n) is 5.21. The molecular formula is C25H29NO6. The molecule has 0 unspecified atom stereocenters. The number of esters is 2. The Morgan fingerprint density at radius 1 is 1.19 bits per heavy atom. The largest absolute Gasteiger partial charge is 0.508 e. The van der Waals surface area contributed by atoms with Crippen molar-refractivity contribution < 1.29 is 29.0 Å². The number of Topliss-reactive ketones (excluding diaryl/α,β-unsaturated/α-hetero) is 1. The third kappa shape index (κ3) is 3.92. The molecule has 4 rings (SSSR count). The lowest BCUT2D eigenvalue weighted by atomic mass is 9.69. The molecule has 0 spiro atoms. The highest BCUT2D eigenvalue weighted by Gasteiger charge is 2.47. The summed E-state index contributed by atoms with van der Waals surface area (Å²) in [7, 11) is 1.27. The van der Waals surface area contributed by atoms with E-state index in [-0.39, 0.29) is 23.6 Å². The SMILES string of the molecule is COC(=O)[C@@H]1C(=O)C2=C(C[C@@H]1C)NC(C)=C(C(=O)OC1CCCC1)[C@H]2c1cccc(O)c1. The summed E-state index contributed by atoms with van der Waals surface area (Å²) in [4.78, 5) is 39.4. The summed E-state index contributed by atoms with van der Waals surface area (Å²) in [5.41, 5.74) is 2.63. The maximum Gasteiger partial charge on any atom is 0.337 e. The van der Waals surface area contributed by atoms with Gasteiger partial charge in [-0.3, -0.25) is 9.59 Å². The number of phenols is 1. The van der Waals surface area contributed by atoms with Crippen LogP contribution in [0.1, 0.15) is 57.4 Å². The predicted octanol–water partition coefficient (Wildman–Crippen LogP) is 3.49. The number of phenolic OH excluding ortho intramolecular Hbond substituents is 1. The van der Waals surface area contributed by atoms with Gasteiger partial charge < -0.3 is 19.9 Å². The standard InChI is InChI=1S/C25H29NO6/c1-13-11-18-22(23(28)19(13)24(29)31-3)21(15-7-6-8-16(27)12-15)20(14(2)26-18)25(30)32-17-9-4-5-10-17/h6-8,12-13,17,19,21,26-27H,4-5,9-11H2,1-3H3/t13-,19-,21+/m0/s1. The first-order valence-corrected chi connectivity index (χ1v) is 11.1. The monoisotopic (exact) mass is 439 g/mol. The number of allylic oxidation sites excluding steroid dienone is 3. The highest BCUT2D eigenvalue weighted by Crippen LogP contribution is 2.46. The van der Waals surface area contributed by atoms with Crippen molar-refractivity contribution in [2.75, 3.05) is 7.11 Å². The zero-order chi connectivity index (χ0) is 23.0. The maximum atomic E-state index is 13.6. The number of ketones is 1. The van der Waals surface area contributed by atoms with E-state index >= 15 is 0 Å². The number of carbonyl (C=O) groups is 3. The Morgan fingerprint density at radius 3 is 2.56 bits per heavy atom. The fraction of sp³-hybridized carbons (Fsp3) is 0.480. The van der Waals surface area contributed by atoms with Gasteiger partial charge in [0.2, 0.25) is 0 Å². The van der Waals surface area contributed by atoms with Crippen LogP contribution in [-0.4, -0.2) is 36.0 Å². The van der Waals surface area contributed by atoms with Crippen LogP contribution in [0.5, 0.6) is 5.75 Å². The molecule has 7 nitrogen and oxygen atoms in total. The molecule has 1 heterocycles. The molecule has 1 aromatic rings. The number of nitrogens with one attached hydrogen (secondary N) is 1. The number of methoxy groups -OCH3 is 1. The Morgan fingerprint density at radius 2 is 1.91 bits per heavy atom. The summed E-state index contributed by atoms with van der Waals surface area (Å²) in [5.74, 6) is -3.29. The molecule has 1 aliphatic heterocycles. The van der Waals surface area contributed by atoms with Crippen molar-refractivity contribution in [3.05, 3.63) is 52.4 Å². The zero-order valence-corrected chi connectivity index (χ0v) is 18.6. The first-order valence-electron chi connectivity index (χ1n) is 11.1. The Labute approximate surface area is 187 Å². The molecule has 1 saturated carbocycles. The van der Waals surface area contributed by atoms with Crippen molar-refractivity contribution in [2.45, 2.75) is 58.0 Å². The summed E-state index contributed by atoms with van der Waals surface area (Å²) < 4.78 is 10.7. The predicted molar refractivity (Wildman–Crippen MR) is 116 cm³/mol. The van der Waals surface area contributed by atoms with Crippen molar-refractivity contribution in [3.63, 3.8) is 0 Å². The molecule has 3 aliphatic rings. The van der Waals surface area contributed by atoms with Gasteiger partial charge in [0.25, 0.3) is 0 Å². The van der Waals surface area contributed by atoms with Crippen LogP contribution >= 0.6 is 0 Å². The van der Waals surface area contributed by atoms with Gasteiger partial charge in [0.1, 0.15) is 17.8 Å². The second-order valence-corrected chi connectivity index (χ2v) is 8.94. The first-order chi connectivity index (χ1) is 15.3. The van der Waals surface area contributed by atoms with E-state index in [1.807, 2.05) is 6.92 Å². The number of ether oxygens (including phenoxy) is 2. The van der Waals surface area contributed by atoms with Gasteiger partial charge in [-0.1, -0.05) is 19.1 Å². The lowest BCUT2D eigenvalue weighted by molar-refractivity contribution is -0.151. The van der Waals surface area contributed by atoms with E-state index in [1.54, 1.807) is 25.1 Å². The van der Waals surface area contributed by atoms with Crippen LogP contribution < -0.4 is 5.32 Å². The minimum absolute atomic E-state index is 0.0329. The number of hydrogen-bond acceptors (Lipinski definition) is 7. The van der Waals surface area contributed by atoms with E-state index in [9.17, 15) is 19.5 Å². The molecule has 2 aliphatic carbocycles. The summed E-state index contributed by atoms with van der Waals surface area (Å²) >= 11 is 0. The van der Waals surface area contributed by atoms with Gasteiger partial charge in [-0.15, -0.1) is 0 Å². The van der Waals surface area contributed by atoms with Crippen molar-refractivity contribution in [1.82, 2.24) is 5.32 Å². The second kappa shape index (κ2) is 8.81. The minimum Gasteiger partial charge on any atom is -0.508 e.